The Labute approximate surface area is 250 Å². The minimum absolute atomic E-state index is 0.139. The van der Waals surface area contributed by atoms with Gasteiger partial charge >= 0.3 is 12.4 Å². The van der Waals surface area contributed by atoms with Gasteiger partial charge in [0, 0.05) is 36.8 Å². The van der Waals surface area contributed by atoms with Gasteiger partial charge in [-0.15, -0.1) is 0 Å². The average molecular weight is 670 g/mol. The van der Waals surface area contributed by atoms with Crippen LogP contribution in [0.4, 0.5) is 39.5 Å². The van der Waals surface area contributed by atoms with Crippen LogP contribution in [-0.2, 0) is 11.0 Å². The zero-order valence-electron chi connectivity index (χ0n) is 22.0. The van der Waals surface area contributed by atoms with E-state index >= 15 is 4.39 Å². The first-order chi connectivity index (χ1) is 19.2. The SMILES string of the molecule is CCC(F)(F)C(/C=C(\F)c1ccc(C(=O)C[C@H](C)CC(=O)CCC(F)(F)F)c(C(F)(F)F)c1)c1cc(Cl)c(Cl)c(Cl)c1. The minimum atomic E-state index is -5.17. The number of rotatable bonds is 12. The summed E-state index contributed by atoms with van der Waals surface area (Å²) in [6, 6.07) is 3.84. The lowest BCUT2D eigenvalue weighted by molar-refractivity contribution is -0.143. The number of carbonyl (C=O) groups excluding carboxylic acids is 2. The number of alkyl halides is 8. The molecule has 0 radical (unpaired) electrons. The Morgan fingerprint density at radius 3 is 1.98 bits per heavy atom. The van der Waals surface area contributed by atoms with Crippen molar-refractivity contribution in [3.8, 4) is 0 Å². The van der Waals surface area contributed by atoms with Crippen LogP contribution in [-0.4, -0.2) is 23.7 Å². The molecule has 232 valence electrons. The average Bonchev–Trinajstić information content (AvgIpc) is 2.87. The molecule has 0 fully saturated rings. The predicted molar refractivity (Wildman–Crippen MR) is 143 cm³/mol. The molecule has 0 spiro atoms. The van der Waals surface area contributed by atoms with Crippen LogP contribution in [0.2, 0.25) is 15.1 Å². The topological polar surface area (TPSA) is 34.1 Å². The molecule has 0 aliphatic rings. The van der Waals surface area contributed by atoms with Crippen molar-refractivity contribution in [3.05, 3.63) is 73.7 Å². The van der Waals surface area contributed by atoms with Crippen molar-refractivity contribution in [1.29, 1.82) is 0 Å². The molecule has 0 aliphatic carbocycles. The number of hydrogen-bond acceptors (Lipinski definition) is 2. The Morgan fingerprint density at radius 2 is 1.48 bits per heavy atom. The first-order valence-corrected chi connectivity index (χ1v) is 13.5. The van der Waals surface area contributed by atoms with Crippen molar-refractivity contribution in [2.24, 2.45) is 5.92 Å². The maximum atomic E-state index is 15.3. The number of halogens is 12. The lowest BCUT2D eigenvalue weighted by Gasteiger charge is -2.25. The van der Waals surface area contributed by atoms with Crippen LogP contribution in [0.25, 0.3) is 5.83 Å². The summed E-state index contributed by atoms with van der Waals surface area (Å²) >= 11 is 17.7. The highest BCUT2D eigenvalue weighted by Crippen LogP contribution is 2.43. The van der Waals surface area contributed by atoms with E-state index in [9.17, 15) is 44.7 Å². The molecule has 0 amide bonds. The van der Waals surface area contributed by atoms with Gasteiger partial charge in [-0.3, -0.25) is 9.59 Å². The standard InChI is InChI=1S/C28H24Cl3F9O2/c1-3-26(33,34)19(16-11-21(29)25(31)22(30)12-16)13-23(32)15-4-5-18(20(10-15)28(38,39)40)24(42)9-14(2)8-17(41)6-7-27(35,36)37/h4-5,10-14,19H,3,6-9H2,1-2H3/b23-13-/t14-,19?/m1/s1. The Kier molecular flexibility index (Phi) is 12.0. The molecular weight excluding hydrogens is 646 g/mol. The van der Waals surface area contributed by atoms with E-state index in [2.05, 4.69) is 0 Å². The van der Waals surface area contributed by atoms with E-state index < -0.39 is 96.3 Å². The van der Waals surface area contributed by atoms with E-state index in [0.717, 1.165) is 25.1 Å². The van der Waals surface area contributed by atoms with Crippen molar-refractivity contribution in [1.82, 2.24) is 0 Å². The normalized spacial score (nSPS) is 14.6. The van der Waals surface area contributed by atoms with Crippen LogP contribution in [0, 0.1) is 5.92 Å². The maximum absolute atomic E-state index is 15.3. The Balaban J connectivity index is 2.42. The summed E-state index contributed by atoms with van der Waals surface area (Å²) in [5.41, 5.74) is -3.43. The van der Waals surface area contributed by atoms with Gasteiger partial charge in [-0.25, -0.2) is 13.2 Å². The summed E-state index contributed by atoms with van der Waals surface area (Å²) in [7, 11) is 0. The molecule has 2 atom stereocenters. The number of allylic oxidation sites excluding steroid dienone is 1. The summed E-state index contributed by atoms with van der Waals surface area (Å²) in [5, 5.41) is -0.549. The number of Topliss-reactive ketones (excluding diaryl/α,β-unsaturated/α-hetero) is 2. The van der Waals surface area contributed by atoms with Crippen molar-refractivity contribution < 1.29 is 49.1 Å². The third-order valence-corrected chi connectivity index (χ3v) is 7.50. The van der Waals surface area contributed by atoms with Gasteiger partial charge in [-0.05, 0) is 35.8 Å². The number of hydrogen-bond donors (Lipinski definition) is 0. The molecule has 42 heavy (non-hydrogen) atoms. The van der Waals surface area contributed by atoms with Gasteiger partial charge in [0.25, 0.3) is 5.92 Å². The Hall–Kier alpha value is -2.24. The van der Waals surface area contributed by atoms with Crippen molar-refractivity contribution in [2.45, 2.75) is 70.1 Å². The van der Waals surface area contributed by atoms with E-state index in [0.29, 0.717) is 18.2 Å². The highest BCUT2D eigenvalue weighted by Gasteiger charge is 2.39. The van der Waals surface area contributed by atoms with Crippen molar-refractivity contribution in [2.75, 3.05) is 0 Å². The van der Waals surface area contributed by atoms with Gasteiger partial charge in [-0.2, -0.15) is 26.3 Å². The van der Waals surface area contributed by atoms with Gasteiger partial charge < -0.3 is 0 Å². The number of benzene rings is 2. The predicted octanol–water partition coefficient (Wildman–Crippen LogP) is 11.3. The van der Waals surface area contributed by atoms with Gasteiger partial charge in [0.15, 0.2) is 5.78 Å². The van der Waals surface area contributed by atoms with E-state index in [4.69, 9.17) is 34.8 Å². The molecule has 2 nitrogen and oxygen atoms in total. The number of carbonyl (C=O) groups is 2. The van der Waals surface area contributed by atoms with Crippen molar-refractivity contribution >= 4 is 52.2 Å². The second-order valence-electron chi connectivity index (χ2n) is 9.75. The molecule has 14 heteroatoms. The fourth-order valence-electron chi connectivity index (χ4n) is 4.12. The Bertz CT molecular complexity index is 1310. The fourth-order valence-corrected chi connectivity index (χ4v) is 4.73. The lowest BCUT2D eigenvalue weighted by atomic mass is 9.88. The zero-order chi connectivity index (χ0) is 32.2. The summed E-state index contributed by atoms with van der Waals surface area (Å²) in [6.45, 7) is 2.43. The molecular formula is C28H24Cl3F9O2. The zero-order valence-corrected chi connectivity index (χ0v) is 24.3. The summed E-state index contributed by atoms with van der Waals surface area (Å²) in [5.74, 6) is -9.84. The molecule has 2 aromatic carbocycles. The summed E-state index contributed by atoms with van der Waals surface area (Å²) in [4.78, 5) is 24.5. The summed E-state index contributed by atoms with van der Waals surface area (Å²) < 4.78 is 124. The van der Waals surface area contributed by atoms with E-state index in [-0.39, 0.29) is 20.6 Å². The monoisotopic (exact) mass is 668 g/mol. The van der Waals surface area contributed by atoms with Gasteiger partial charge in [0.2, 0.25) is 0 Å². The summed E-state index contributed by atoms with van der Waals surface area (Å²) in [6.07, 6.45) is -13.4. The third-order valence-electron chi connectivity index (χ3n) is 6.30. The van der Waals surface area contributed by atoms with Gasteiger partial charge in [0.05, 0.1) is 33.0 Å². The van der Waals surface area contributed by atoms with Gasteiger partial charge in [-0.1, -0.05) is 60.8 Å². The molecule has 0 saturated heterocycles. The maximum Gasteiger partial charge on any atom is 0.417 e. The quantitative estimate of drug-likeness (QED) is 0.128. The van der Waals surface area contributed by atoms with E-state index in [1.54, 1.807) is 0 Å². The van der Waals surface area contributed by atoms with Crippen LogP contribution in [0.5, 0.6) is 0 Å². The molecule has 0 aromatic heterocycles. The fraction of sp³-hybridized carbons (Fsp3) is 0.429. The third kappa shape index (κ3) is 9.91. The van der Waals surface area contributed by atoms with Crippen LogP contribution in [0.3, 0.4) is 0 Å². The van der Waals surface area contributed by atoms with Crippen LogP contribution >= 0.6 is 34.8 Å². The molecule has 0 aliphatic heterocycles. The minimum Gasteiger partial charge on any atom is -0.300 e. The van der Waals surface area contributed by atoms with Crippen molar-refractivity contribution in [3.63, 3.8) is 0 Å². The highest BCUT2D eigenvalue weighted by molar-refractivity contribution is 6.48. The molecule has 0 N–H and O–H groups in total. The molecule has 1 unspecified atom stereocenters. The molecule has 0 saturated carbocycles. The molecule has 0 bridgehead atoms. The second-order valence-corrected chi connectivity index (χ2v) is 10.9. The van der Waals surface area contributed by atoms with Crippen LogP contribution < -0.4 is 0 Å². The van der Waals surface area contributed by atoms with Crippen LogP contribution in [0.1, 0.15) is 78.9 Å². The highest BCUT2D eigenvalue weighted by atomic mass is 35.5. The van der Waals surface area contributed by atoms with E-state index in [1.165, 1.54) is 6.92 Å². The molecule has 2 aromatic rings. The van der Waals surface area contributed by atoms with E-state index in [1.807, 2.05) is 0 Å². The largest absolute Gasteiger partial charge is 0.417 e. The Morgan fingerprint density at radius 1 is 0.905 bits per heavy atom. The first kappa shape index (κ1) is 36.0. The smallest absolute Gasteiger partial charge is 0.300 e. The van der Waals surface area contributed by atoms with Crippen LogP contribution in [0.15, 0.2) is 36.4 Å². The molecule has 2 rings (SSSR count). The first-order valence-electron chi connectivity index (χ1n) is 12.4. The van der Waals surface area contributed by atoms with Gasteiger partial charge in [0.1, 0.15) is 11.6 Å². The molecule has 0 heterocycles. The number of ketones is 2. The lowest BCUT2D eigenvalue weighted by Crippen LogP contribution is -2.24. The second kappa shape index (κ2) is 14.0.